The molecule has 0 aromatic heterocycles. The summed E-state index contributed by atoms with van der Waals surface area (Å²) in [6, 6.07) is -0.640. The van der Waals surface area contributed by atoms with E-state index < -0.39 is 12.1 Å². The minimum absolute atomic E-state index is 0.00215. The molecule has 6 nitrogen and oxygen atoms in total. The summed E-state index contributed by atoms with van der Waals surface area (Å²) in [5.74, 6) is -0.0852. The second-order valence-corrected chi connectivity index (χ2v) is 19.6. The Kier molecular flexibility index (Phi) is 52.6. The van der Waals surface area contributed by atoms with Gasteiger partial charge < -0.3 is 20.3 Å². The van der Waals surface area contributed by atoms with E-state index in [2.05, 4.69) is 31.3 Å². The third-order valence-corrected chi connectivity index (χ3v) is 13.2. The summed E-state index contributed by atoms with van der Waals surface area (Å²) in [5, 5.41) is 23.1. The molecule has 2 atom stereocenters. The van der Waals surface area contributed by atoms with E-state index in [9.17, 15) is 19.8 Å². The Hall–Kier alpha value is -1.66. The van der Waals surface area contributed by atoms with Crippen LogP contribution >= 0.6 is 0 Å². The number of hydrogen-bond acceptors (Lipinski definition) is 5. The number of aliphatic hydroxyl groups is 2. The highest BCUT2D eigenvalue weighted by Gasteiger charge is 2.18. The fraction of sp³-hybridized carbons (Fsp3) is 0.897. The molecule has 0 bridgehead atoms. The first-order valence-electron chi connectivity index (χ1n) is 28.6. The summed E-state index contributed by atoms with van der Waals surface area (Å²) in [6.45, 7) is 4.89. The number of unbranched alkanes of at least 4 members (excludes halogenated alkanes) is 40. The van der Waals surface area contributed by atoms with E-state index in [4.69, 9.17) is 4.74 Å². The minimum Gasteiger partial charge on any atom is -0.466 e. The molecular weight excluding hydrogens is 791 g/mol. The van der Waals surface area contributed by atoms with Gasteiger partial charge in [0.1, 0.15) is 0 Å². The van der Waals surface area contributed by atoms with Crippen LogP contribution < -0.4 is 5.32 Å². The maximum absolute atomic E-state index is 12.5. The fourth-order valence-electron chi connectivity index (χ4n) is 8.81. The van der Waals surface area contributed by atoms with Crippen molar-refractivity contribution in [2.24, 2.45) is 0 Å². The first kappa shape index (κ1) is 62.3. The Morgan fingerprint density at radius 1 is 0.422 bits per heavy atom. The van der Waals surface area contributed by atoms with E-state index in [1.165, 1.54) is 218 Å². The number of ether oxygens (including phenoxy) is 1. The SMILES string of the molecule is CCCCCCCCCCCCCCCCCC/C=C/C(O)C(CO)NC(=O)CCCCCCC/C=C\CCCCCCCCCOC(=O)CCCCCCCCCCCCCCC. The average Bonchev–Trinajstić information content (AvgIpc) is 3.29. The molecule has 0 spiro atoms. The monoisotopic (exact) mass is 902 g/mol. The molecule has 0 aromatic rings. The van der Waals surface area contributed by atoms with Crippen molar-refractivity contribution < 1.29 is 24.5 Å². The normalized spacial score (nSPS) is 12.8. The number of carbonyl (C=O) groups is 2. The molecule has 0 fully saturated rings. The van der Waals surface area contributed by atoms with Gasteiger partial charge in [0.15, 0.2) is 0 Å². The summed E-state index contributed by atoms with van der Waals surface area (Å²) in [5.41, 5.74) is 0. The molecule has 1 amide bonds. The van der Waals surface area contributed by atoms with Crippen molar-refractivity contribution in [3.05, 3.63) is 24.3 Å². The van der Waals surface area contributed by atoms with Crippen molar-refractivity contribution in [1.29, 1.82) is 0 Å². The van der Waals surface area contributed by atoms with Gasteiger partial charge in [0.2, 0.25) is 5.91 Å². The smallest absolute Gasteiger partial charge is 0.305 e. The van der Waals surface area contributed by atoms with Crippen LogP contribution in [0.5, 0.6) is 0 Å². The molecule has 0 aliphatic carbocycles. The second kappa shape index (κ2) is 54.0. The van der Waals surface area contributed by atoms with Crippen LogP contribution in [0.1, 0.15) is 309 Å². The van der Waals surface area contributed by atoms with E-state index in [0.717, 1.165) is 64.2 Å². The van der Waals surface area contributed by atoms with Crippen molar-refractivity contribution in [3.8, 4) is 0 Å². The van der Waals surface area contributed by atoms with Crippen molar-refractivity contribution in [3.63, 3.8) is 0 Å². The Morgan fingerprint density at radius 2 is 0.734 bits per heavy atom. The number of nitrogens with one attached hydrogen (secondary N) is 1. The molecule has 0 aromatic carbocycles. The van der Waals surface area contributed by atoms with Crippen LogP contribution in [-0.4, -0.2) is 47.4 Å². The van der Waals surface area contributed by atoms with Crippen molar-refractivity contribution in [2.75, 3.05) is 13.2 Å². The maximum atomic E-state index is 12.5. The topological polar surface area (TPSA) is 95.9 Å². The van der Waals surface area contributed by atoms with Gasteiger partial charge in [-0.05, 0) is 57.8 Å². The van der Waals surface area contributed by atoms with Crippen LogP contribution in [0.15, 0.2) is 24.3 Å². The predicted molar refractivity (Wildman–Crippen MR) is 278 cm³/mol. The van der Waals surface area contributed by atoms with Gasteiger partial charge >= 0.3 is 5.97 Å². The lowest BCUT2D eigenvalue weighted by Crippen LogP contribution is -2.45. The van der Waals surface area contributed by atoms with Gasteiger partial charge in [0.05, 0.1) is 25.4 Å². The Bertz CT molecular complexity index is 997. The molecule has 3 N–H and O–H groups in total. The molecule has 0 saturated carbocycles. The summed E-state index contributed by atoms with van der Waals surface area (Å²) in [6.07, 6.45) is 64.8. The molecule has 2 unspecified atom stereocenters. The number of aliphatic hydroxyl groups excluding tert-OH is 2. The molecule has 0 rings (SSSR count). The van der Waals surface area contributed by atoms with Crippen LogP contribution in [0.2, 0.25) is 0 Å². The first-order valence-corrected chi connectivity index (χ1v) is 28.6. The molecule has 0 aliphatic heterocycles. The zero-order chi connectivity index (χ0) is 46.5. The summed E-state index contributed by atoms with van der Waals surface area (Å²) >= 11 is 0. The van der Waals surface area contributed by atoms with Crippen LogP contribution in [0.4, 0.5) is 0 Å². The Labute approximate surface area is 399 Å². The summed E-state index contributed by atoms with van der Waals surface area (Å²) < 4.78 is 5.46. The molecule has 0 saturated heterocycles. The Morgan fingerprint density at radius 3 is 1.11 bits per heavy atom. The van der Waals surface area contributed by atoms with Gasteiger partial charge in [-0.25, -0.2) is 0 Å². The number of carbonyl (C=O) groups excluding carboxylic acids is 2. The van der Waals surface area contributed by atoms with Gasteiger partial charge in [0, 0.05) is 12.8 Å². The Balaban J connectivity index is 3.50. The van der Waals surface area contributed by atoms with Gasteiger partial charge in [0.25, 0.3) is 0 Å². The summed E-state index contributed by atoms with van der Waals surface area (Å²) in [7, 11) is 0. The largest absolute Gasteiger partial charge is 0.466 e. The third-order valence-electron chi connectivity index (χ3n) is 13.2. The van der Waals surface area contributed by atoms with Gasteiger partial charge in [-0.2, -0.15) is 0 Å². The van der Waals surface area contributed by atoms with E-state index in [-0.39, 0.29) is 18.5 Å². The first-order chi connectivity index (χ1) is 31.5. The van der Waals surface area contributed by atoms with Gasteiger partial charge in [-0.1, -0.05) is 263 Å². The highest BCUT2D eigenvalue weighted by atomic mass is 16.5. The van der Waals surface area contributed by atoms with Crippen molar-refractivity contribution >= 4 is 11.9 Å². The number of esters is 1. The fourth-order valence-corrected chi connectivity index (χ4v) is 8.81. The standard InChI is InChI=1S/C58H111NO5/c1-3-5-7-9-11-13-15-17-18-19-20-23-27-30-34-38-42-46-50-56(61)55(54-60)59-57(62)51-47-43-39-35-31-28-24-21-22-25-29-33-37-41-45-49-53-64-58(63)52-48-44-40-36-32-26-16-14-12-10-8-6-4-2/h21,24,46,50,55-56,60-61H,3-20,22-23,25-45,47-49,51-54H2,1-2H3,(H,59,62)/b24-21-,50-46+. The van der Waals surface area contributed by atoms with E-state index in [1.807, 2.05) is 6.08 Å². The zero-order valence-corrected chi connectivity index (χ0v) is 43.0. The minimum atomic E-state index is -0.855. The van der Waals surface area contributed by atoms with Crippen LogP contribution in [0.25, 0.3) is 0 Å². The molecular formula is C58H111NO5. The molecule has 6 heteroatoms. The number of amides is 1. The van der Waals surface area contributed by atoms with Gasteiger partial charge in [-0.15, -0.1) is 0 Å². The van der Waals surface area contributed by atoms with E-state index in [0.29, 0.717) is 19.4 Å². The predicted octanol–water partition coefficient (Wildman–Crippen LogP) is 17.5. The maximum Gasteiger partial charge on any atom is 0.305 e. The number of allylic oxidation sites excluding steroid dienone is 3. The van der Waals surface area contributed by atoms with Crippen molar-refractivity contribution in [2.45, 2.75) is 321 Å². The van der Waals surface area contributed by atoms with E-state index >= 15 is 0 Å². The highest BCUT2D eigenvalue weighted by molar-refractivity contribution is 5.76. The molecule has 64 heavy (non-hydrogen) atoms. The lowest BCUT2D eigenvalue weighted by atomic mass is 10.0. The molecule has 0 heterocycles. The number of rotatable bonds is 53. The lowest BCUT2D eigenvalue weighted by molar-refractivity contribution is -0.143. The van der Waals surface area contributed by atoms with Crippen LogP contribution in [0, 0.1) is 0 Å². The molecule has 378 valence electrons. The van der Waals surface area contributed by atoms with Gasteiger partial charge in [-0.3, -0.25) is 9.59 Å². The zero-order valence-electron chi connectivity index (χ0n) is 43.0. The molecule has 0 radical (unpaired) electrons. The second-order valence-electron chi connectivity index (χ2n) is 19.6. The lowest BCUT2D eigenvalue weighted by Gasteiger charge is -2.20. The van der Waals surface area contributed by atoms with E-state index in [1.54, 1.807) is 6.08 Å². The van der Waals surface area contributed by atoms with Crippen LogP contribution in [0.3, 0.4) is 0 Å². The average molecular weight is 903 g/mol. The molecule has 0 aliphatic rings. The summed E-state index contributed by atoms with van der Waals surface area (Å²) in [4.78, 5) is 24.5. The third kappa shape index (κ3) is 49.8. The van der Waals surface area contributed by atoms with Crippen LogP contribution in [-0.2, 0) is 14.3 Å². The number of hydrogen-bond donors (Lipinski definition) is 3. The quantitative estimate of drug-likeness (QED) is 0.0321. The van der Waals surface area contributed by atoms with Crippen molar-refractivity contribution in [1.82, 2.24) is 5.32 Å². The highest BCUT2D eigenvalue weighted by Crippen LogP contribution is 2.17.